The summed E-state index contributed by atoms with van der Waals surface area (Å²) in [7, 11) is 1.84. The molecular weight excluding hydrogens is 154 g/mol. The molecule has 0 fully saturated rings. The first-order chi connectivity index (χ1) is 5.83. The smallest absolute Gasteiger partial charge is 0.0933 e. The average molecular weight is 163 g/mol. The van der Waals surface area contributed by atoms with Gasteiger partial charge in [-0.05, 0) is 6.07 Å². The Morgan fingerprint density at radius 2 is 2.33 bits per heavy atom. The summed E-state index contributed by atoms with van der Waals surface area (Å²) in [6.07, 6.45) is 1.76. The number of nitrogens with zero attached hydrogens (tertiary/aromatic N) is 2. The van der Waals surface area contributed by atoms with Crippen molar-refractivity contribution in [2.45, 2.75) is 0 Å². The van der Waals surface area contributed by atoms with Crippen LogP contribution in [0.2, 0.25) is 0 Å². The van der Waals surface area contributed by atoms with E-state index in [1.54, 1.807) is 16.9 Å². The number of benzene rings is 1. The second-order valence-corrected chi connectivity index (χ2v) is 2.62. The lowest BCUT2D eigenvalue weighted by Crippen LogP contribution is -1.95. The summed E-state index contributed by atoms with van der Waals surface area (Å²) < 4.78 is 1.72. The first-order valence-corrected chi connectivity index (χ1v) is 3.64. The van der Waals surface area contributed by atoms with Crippen LogP contribution in [0.25, 0.3) is 10.9 Å². The maximum Gasteiger partial charge on any atom is 0.0933 e. The largest absolute Gasteiger partial charge is 0.291 e. The summed E-state index contributed by atoms with van der Waals surface area (Å²) in [6, 6.07) is 5.61. The second-order valence-electron chi connectivity index (χ2n) is 2.62. The Bertz CT molecular complexity index is 408. The summed E-state index contributed by atoms with van der Waals surface area (Å²) in [6.45, 7) is 0. The monoisotopic (exact) mass is 163 g/mol. The van der Waals surface area contributed by atoms with Gasteiger partial charge in [-0.25, -0.2) is 0 Å². The average Bonchev–Trinajstić information content (AvgIpc) is 2.48. The van der Waals surface area contributed by atoms with E-state index in [9.17, 15) is 0 Å². The molecule has 2 N–H and O–H groups in total. The van der Waals surface area contributed by atoms with Gasteiger partial charge in [0.1, 0.15) is 0 Å². The van der Waals surface area contributed by atoms with Crippen LogP contribution >= 0.6 is 0 Å². The predicted molar refractivity (Wildman–Crippen MR) is 46.1 cm³/mol. The van der Waals surface area contributed by atoms with Gasteiger partial charge in [0.25, 0.3) is 0 Å². The van der Waals surface area contributed by atoms with Crippen LogP contribution in [0.4, 0.5) is 5.69 Å². The molecular formula is C8H9N3O. The number of fused-ring (bicyclic) bond motifs is 1. The quantitative estimate of drug-likeness (QED) is 0.624. The van der Waals surface area contributed by atoms with Crippen molar-refractivity contribution in [2.75, 3.05) is 5.48 Å². The molecule has 0 amide bonds. The van der Waals surface area contributed by atoms with Gasteiger partial charge in [0.2, 0.25) is 0 Å². The Kier molecular flexibility index (Phi) is 1.48. The molecule has 2 aromatic rings. The molecule has 0 aliphatic heterocycles. The van der Waals surface area contributed by atoms with Gasteiger partial charge in [-0.2, -0.15) is 5.10 Å². The maximum absolute atomic E-state index is 8.79. The highest BCUT2D eigenvalue weighted by atomic mass is 16.5. The van der Waals surface area contributed by atoms with Crippen LogP contribution in [0, 0.1) is 0 Å². The van der Waals surface area contributed by atoms with Gasteiger partial charge in [-0.1, -0.05) is 12.1 Å². The molecule has 0 radical (unpaired) electrons. The molecule has 0 saturated carbocycles. The van der Waals surface area contributed by atoms with Gasteiger partial charge in [0.05, 0.1) is 17.4 Å². The number of hydrogen-bond donors (Lipinski definition) is 2. The molecule has 1 heterocycles. The first kappa shape index (κ1) is 7.12. The van der Waals surface area contributed by atoms with E-state index in [4.69, 9.17) is 5.21 Å². The molecule has 0 aliphatic carbocycles. The maximum atomic E-state index is 8.79. The molecule has 1 aromatic carbocycles. The lowest BCUT2D eigenvalue weighted by atomic mass is 10.2. The highest BCUT2D eigenvalue weighted by molar-refractivity contribution is 5.90. The lowest BCUT2D eigenvalue weighted by molar-refractivity contribution is 0.389. The van der Waals surface area contributed by atoms with E-state index in [0.29, 0.717) is 5.69 Å². The van der Waals surface area contributed by atoms with Crippen LogP contribution < -0.4 is 5.48 Å². The molecule has 12 heavy (non-hydrogen) atoms. The Morgan fingerprint density at radius 3 is 3.08 bits per heavy atom. The third-order valence-corrected chi connectivity index (χ3v) is 1.88. The fourth-order valence-corrected chi connectivity index (χ4v) is 1.32. The van der Waals surface area contributed by atoms with E-state index in [2.05, 4.69) is 10.6 Å². The van der Waals surface area contributed by atoms with Crippen molar-refractivity contribution in [3.8, 4) is 0 Å². The zero-order valence-corrected chi connectivity index (χ0v) is 6.65. The predicted octanol–water partition coefficient (Wildman–Crippen LogP) is 1.37. The van der Waals surface area contributed by atoms with Gasteiger partial charge in [0, 0.05) is 12.4 Å². The second kappa shape index (κ2) is 2.49. The van der Waals surface area contributed by atoms with Crippen LogP contribution in [-0.4, -0.2) is 15.0 Å². The topological polar surface area (TPSA) is 50.1 Å². The summed E-state index contributed by atoms with van der Waals surface area (Å²) in [4.78, 5) is 0. The standard InChI is InChI=1S/C8H9N3O/c1-11-8-6(5-9-11)3-2-4-7(8)10-12/h2-5,10,12H,1H3. The van der Waals surface area contributed by atoms with Crippen LogP contribution in [0.5, 0.6) is 0 Å². The van der Waals surface area contributed by atoms with E-state index < -0.39 is 0 Å². The molecule has 4 nitrogen and oxygen atoms in total. The molecule has 0 bridgehead atoms. The van der Waals surface area contributed by atoms with Crippen LogP contribution in [-0.2, 0) is 7.05 Å². The third kappa shape index (κ3) is 0.853. The molecule has 1 aromatic heterocycles. The number of para-hydroxylation sites is 1. The zero-order chi connectivity index (χ0) is 8.55. The van der Waals surface area contributed by atoms with E-state index in [0.717, 1.165) is 10.9 Å². The van der Waals surface area contributed by atoms with E-state index >= 15 is 0 Å². The Balaban J connectivity index is 2.84. The van der Waals surface area contributed by atoms with Gasteiger partial charge in [0.15, 0.2) is 0 Å². The van der Waals surface area contributed by atoms with Crippen LogP contribution in [0.15, 0.2) is 24.4 Å². The number of hydrogen-bond acceptors (Lipinski definition) is 3. The van der Waals surface area contributed by atoms with Crippen molar-refractivity contribution in [3.05, 3.63) is 24.4 Å². The van der Waals surface area contributed by atoms with Crippen LogP contribution in [0.1, 0.15) is 0 Å². The number of aromatic nitrogens is 2. The van der Waals surface area contributed by atoms with Gasteiger partial charge >= 0.3 is 0 Å². The summed E-state index contributed by atoms with van der Waals surface area (Å²) in [5, 5.41) is 13.9. The van der Waals surface area contributed by atoms with Crippen molar-refractivity contribution in [3.63, 3.8) is 0 Å². The number of rotatable bonds is 1. The molecule has 0 saturated heterocycles. The molecule has 2 rings (SSSR count). The Hall–Kier alpha value is -1.55. The van der Waals surface area contributed by atoms with E-state index in [-0.39, 0.29) is 0 Å². The van der Waals surface area contributed by atoms with Crippen molar-refractivity contribution in [1.82, 2.24) is 9.78 Å². The van der Waals surface area contributed by atoms with Crippen molar-refractivity contribution in [1.29, 1.82) is 0 Å². The molecule has 62 valence electrons. The Labute approximate surface area is 69.4 Å². The van der Waals surface area contributed by atoms with Crippen molar-refractivity contribution in [2.24, 2.45) is 7.05 Å². The van der Waals surface area contributed by atoms with Crippen molar-refractivity contribution < 1.29 is 5.21 Å². The SMILES string of the molecule is Cn1ncc2cccc(NO)c21. The number of aryl methyl sites for hydroxylation is 1. The van der Waals surface area contributed by atoms with E-state index in [1.807, 2.05) is 19.2 Å². The molecule has 0 unspecified atom stereocenters. The third-order valence-electron chi connectivity index (χ3n) is 1.88. The van der Waals surface area contributed by atoms with Crippen molar-refractivity contribution >= 4 is 16.6 Å². The van der Waals surface area contributed by atoms with E-state index in [1.165, 1.54) is 0 Å². The van der Waals surface area contributed by atoms with Gasteiger partial charge in [-0.15, -0.1) is 0 Å². The minimum atomic E-state index is 0.674. The molecule has 0 atom stereocenters. The van der Waals surface area contributed by atoms with Gasteiger partial charge in [-0.3, -0.25) is 15.4 Å². The minimum Gasteiger partial charge on any atom is -0.291 e. The minimum absolute atomic E-state index is 0.674. The highest BCUT2D eigenvalue weighted by Crippen LogP contribution is 2.21. The molecule has 0 spiro atoms. The Morgan fingerprint density at radius 1 is 1.50 bits per heavy atom. The number of nitrogens with one attached hydrogen (secondary N) is 1. The molecule has 4 heteroatoms. The van der Waals surface area contributed by atoms with Crippen LogP contribution in [0.3, 0.4) is 0 Å². The zero-order valence-electron chi connectivity index (χ0n) is 6.65. The lowest BCUT2D eigenvalue weighted by Gasteiger charge is -2.01. The fraction of sp³-hybridized carbons (Fsp3) is 0.125. The van der Waals surface area contributed by atoms with Gasteiger partial charge < -0.3 is 0 Å². The number of anilines is 1. The fourth-order valence-electron chi connectivity index (χ4n) is 1.32. The highest BCUT2D eigenvalue weighted by Gasteiger charge is 2.03. The molecule has 0 aliphatic rings. The summed E-state index contributed by atoms with van der Waals surface area (Å²) >= 11 is 0. The summed E-state index contributed by atoms with van der Waals surface area (Å²) in [5.41, 5.74) is 3.71. The first-order valence-electron chi connectivity index (χ1n) is 3.64. The summed E-state index contributed by atoms with van der Waals surface area (Å²) in [5.74, 6) is 0. The normalized spacial score (nSPS) is 10.5.